The molecule has 1 fully saturated rings. The molecule has 0 bridgehead atoms. The summed E-state index contributed by atoms with van der Waals surface area (Å²) in [7, 11) is -1.47. The fourth-order valence-corrected chi connectivity index (χ4v) is 1.32. The average molecular weight is 187 g/mol. The van der Waals surface area contributed by atoms with Crippen molar-refractivity contribution < 1.29 is 9.26 Å². The van der Waals surface area contributed by atoms with Gasteiger partial charge in [0.15, 0.2) is 0 Å². The zero-order valence-corrected chi connectivity index (χ0v) is 9.04. The van der Waals surface area contributed by atoms with E-state index in [4.69, 9.17) is 9.26 Å². The Morgan fingerprint density at radius 2 is 2.25 bits per heavy atom. The van der Waals surface area contributed by atoms with E-state index in [1.807, 2.05) is 6.21 Å². The molecule has 1 heterocycles. The summed E-state index contributed by atoms with van der Waals surface area (Å²) in [6, 6.07) is 0. The first-order valence-corrected chi connectivity index (χ1v) is 7.78. The summed E-state index contributed by atoms with van der Waals surface area (Å²) in [5.41, 5.74) is 0. The normalized spacial score (nSPS) is 25.1. The molecule has 0 N–H and O–H groups in total. The van der Waals surface area contributed by atoms with Crippen LogP contribution in [0, 0.1) is 5.92 Å². The highest BCUT2D eigenvalue weighted by atomic mass is 28.4. The summed E-state index contributed by atoms with van der Waals surface area (Å²) in [5.74, 6) is 0.473. The zero-order chi connectivity index (χ0) is 9.03. The number of ether oxygens (including phenoxy) is 1. The summed E-state index contributed by atoms with van der Waals surface area (Å²) in [5, 5.41) is 3.98. The second-order valence-corrected chi connectivity index (χ2v) is 8.49. The minimum absolute atomic E-state index is 0.473. The minimum Gasteiger partial charge on any atom is -0.456 e. The minimum atomic E-state index is -1.47. The molecule has 3 nitrogen and oxygen atoms in total. The summed E-state index contributed by atoms with van der Waals surface area (Å²) in [6.07, 6.45) is 2.96. The third kappa shape index (κ3) is 3.87. The fourth-order valence-electron chi connectivity index (χ4n) is 0.945. The van der Waals surface area contributed by atoms with E-state index in [2.05, 4.69) is 24.8 Å². The van der Waals surface area contributed by atoms with Crippen molar-refractivity contribution in [3.63, 3.8) is 0 Å². The summed E-state index contributed by atoms with van der Waals surface area (Å²) >= 11 is 0. The van der Waals surface area contributed by atoms with Gasteiger partial charge in [-0.15, -0.1) is 5.16 Å². The molecule has 12 heavy (non-hydrogen) atoms. The van der Waals surface area contributed by atoms with Gasteiger partial charge in [0.05, 0.1) is 6.61 Å². The number of hydrogen-bond donors (Lipinski definition) is 0. The molecule has 1 aliphatic rings. The number of nitrogens with zero attached hydrogens (tertiary/aromatic N) is 1. The number of oxime groups is 1. The zero-order valence-electron chi connectivity index (χ0n) is 8.04. The molecule has 1 unspecified atom stereocenters. The van der Waals surface area contributed by atoms with Crippen LogP contribution in [0.4, 0.5) is 0 Å². The van der Waals surface area contributed by atoms with Crippen LogP contribution >= 0.6 is 0 Å². The van der Waals surface area contributed by atoms with Gasteiger partial charge >= 0.3 is 0 Å². The first-order chi connectivity index (χ1) is 5.58. The molecule has 0 amide bonds. The first-order valence-electron chi connectivity index (χ1n) is 4.37. The highest BCUT2D eigenvalue weighted by Crippen LogP contribution is 2.10. The van der Waals surface area contributed by atoms with Gasteiger partial charge in [-0.3, -0.25) is 0 Å². The molecular weight excluding hydrogens is 170 g/mol. The third-order valence-electron chi connectivity index (χ3n) is 1.56. The van der Waals surface area contributed by atoms with Gasteiger partial charge in [0, 0.05) is 18.7 Å². The van der Waals surface area contributed by atoms with E-state index in [9.17, 15) is 0 Å². The number of hydrogen-bond acceptors (Lipinski definition) is 3. The van der Waals surface area contributed by atoms with Gasteiger partial charge in [-0.1, -0.05) is 0 Å². The predicted molar refractivity (Wildman–Crippen MR) is 51.8 cm³/mol. The van der Waals surface area contributed by atoms with Crippen LogP contribution < -0.4 is 0 Å². The van der Waals surface area contributed by atoms with Gasteiger partial charge in [0.2, 0.25) is 0 Å². The van der Waals surface area contributed by atoms with Crippen molar-refractivity contribution in [1.82, 2.24) is 0 Å². The fraction of sp³-hybridized carbons (Fsp3) is 0.875. The van der Waals surface area contributed by atoms with Crippen LogP contribution in [0.25, 0.3) is 0 Å². The Morgan fingerprint density at radius 1 is 1.50 bits per heavy atom. The highest BCUT2D eigenvalue weighted by molar-refractivity contribution is 6.69. The predicted octanol–water partition coefficient (Wildman–Crippen LogP) is 1.86. The van der Waals surface area contributed by atoms with Gasteiger partial charge in [-0.25, -0.2) is 0 Å². The molecule has 1 rings (SSSR count). The molecule has 1 atom stereocenters. The van der Waals surface area contributed by atoms with E-state index in [1.165, 1.54) is 0 Å². The summed E-state index contributed by atoms with van der Waals surface area (Å²) in [4.78, 5) is 0. The van der Waals surface area contributed by atoms with Crippen molar-refractivity contribution in [3.05, 3.63) is 0 Å². The van der Waals surface area contributed by atoms with Crippen LogP contribution in [0.1, 0.15) is 6.42 Å². The van der Waals surface area contributed by atoms with Gasteiger partial charge in [-0.05, 0) is 26.1 Å². The lowest BCUT2D eigenvalue weighted by Crippen LogP contribution is -2.22. The molecule has 0 radical (unpaired) electrons. The first kappa shape index (κ1) is 9.73. The summed E-state index contributed by atoms with van der Waals surface area (Å²) < 4.78 is 10.5. The Kier molecular flexibility index (Phi) is 3.28. The van der Waals surface area contributed by atoms with Crippen molar-refractivity contribution in [2.24, 2.45) is 11.1 Å². The van der Waals surface area contributed by atoms with Crippen LogP contribution in [-0.4, -0.2) is 27.7 Å². The summed E-state index contributed by atoms with van der Waals surface area (Å²) in [6.45, 7) is 8.03. The van der Waals surface area contributed by atoms with Crippen molar-refractivity contribution >= 4 is 14.5 Å². The van der Waals surface area contributed by atoms with Crippen molar-refractivity contribution in [2.75, 3.05) is 13.2 Å². The van der Waals surface area contributed by atoms with Crippen LogP contribution in [0.2, 0.25) is 19.6 Å². The van der Waals surface area contributed by atoms with Crippen LogP contribution in [0.3, 0.4) is 0 Å². The molecule has 0 saturated carbocycles. The molecule has 0 aromatic carbocycles. The van der Waals surface area contributed by atoms with Crippen molar-refractivity contribution in [2.45, 2.75) is 26.1 Å². The Bertz CT molecular complexity index is 159. The lowest BCUT2D eigenvalue weighted by atomic mass is 10.1. The van der Waals surface area contributed by atoms with Crippen molar-refractivity contribution in [3.8, 4) is 0 Å². The maximum absolute atomic E-state index is 5.34. The monoisotopic (exact) mass is 187 g/mol. The molecule has 1 aliphatic heterocycles. The standard InChI is InChI=1S/C8H17NO2Si/c1-12(2,3)11-9-6-8-4-5-10-7-8/h6,8H,4-5,7H2,1-3H3/b9-6+. The SMILES string of the molecule is C[Si](C)(C)O/N=C/C1CCOC1. The highest BCUT2D eigenvalue weighted by Gasteiger charge is 2.17. The lowest BCUT2D eigenvalue weighted by molar-refractivity contribution is 0.193. The van der Waals surface area contributed by atoms with Crippen molar-refractivity contribution in [1.29, 1.82) is 0 Å². The molecule has 1 saturated heterocycles. The van der Waals surface area contributed by atoms with Crippen LogP contribution in [-0.2, 0) is 9.26 Å². The van der Waals surface area contributed by atoms with Gasteiger partial charge in [-0.2, -0.15) is 0 Å². The molecule has 70 valence electrons. The van der Waals surface area contributed by atoms with E-state index in [-0.39, 0.29) is 0 Å². The Morgan fingerprint density at radius 3 is 2.75 bits per heavy atom. The van der Waals surface area contributed by atoms with E-state index >= 15 is 0 Å². The van der Waals surface area contributed by atoms with Gasteiger partial charge in [0.1, 0.15) is 0 Å². The third-order valence-corrected chi connectivity index (χ3v) is 2.22. The maximum atomic E-state index is 5.34. The van der Waals surface area contributed by atoms with E-state index < -0.39 is 8.32 Å². The topological polar surface area (TPSA) is 30.8 Å². The molecular formula is C8H17NO2Si. The van der Waals surface area contributed by atoms with Crippen LogP contribution in [0.15, 0.2) is 5.16 Å². The van der Waals surface area contributed by atoms with Gasteiger partial charge < -0.3 is 9.26 Å². The smallest absolute Gasteiger partial charge is 0.278 e. The Labute approximate surface area is 74.9 Å². The van der Waals surface area contributed by atoms with E-state index in [1.54, 1.807) is 0 Å². The average Bonchev–Trinajstić information content (AvgIpc) is 2.36. The largest absolute Gasteiger partial charge is 0.456 e. The molecule has 4 heteroatoms. The molecule has 0 spiro atoms. The Balaban J connectivity index is 2.21. The maximum Gasteiger partial charge on any atom is 0.278 e. The Hall–Kier alpha value is -0.353. The second kappa shape index (κ2) is 4.05. The van der Waals surface area contributed by atoms with E-state index in [0.717, 1.165) is 19.6 Å². The molecule has 0 aromatic heterocycles. The molecule has 0 aliphatic carbocycles. The van der Waals surface area contributed by atoms with Crippen LogP contribution in [0.5, 0.6) is 0 Å². The quantitative estimate of drug-likeness (QED) is 0.383. The number of rotatable bonds is 3. The molecule has 0 aromatic rings. The van der Waals surface area contributed by atoms with E-state index in [0.29, 0.717) is 5.92 Å². The second-order valence-electron chi connectivity index (χ2n) is 4.08. The van der Waals surface area contributed by atoms with Gasteiger partial charge in [0.25, 0.3) is 8.32 Å². The lowest BCUT2D eigenvalue weighted by Gasteiger charge is -2.12.